The normalized spacial score (nSPS) is 15.2. The summed E-state index contributed by atoms with van der Waals surface area (Å²) < 4.78 is 0. The molecule has 2 aromatic carbocycles. The highest BCUT2D eigenvalue weighted by atomic mass is 35.5. The molecule has 2 amide bonds. The smallest absolute Gasteiger partial charge is 0.254 e. The maximum atomic E-state index is 12.5. The van der Waals surface area contributed by atoms with Crippen LogP contribution >= 0.6 is 11.6 Å². The van der Waals surface area contributed by atoms with Gasteiger partial charge in [-0.1, -0.05) is 48.0 Å². The van der Waals surface area contributed by atoms with Crippen molar-refractivity contribution in [2.24, 2.45) is 0 Å². The molecule has 3 rings (SSSR count). The molecule has 1 fully saturated rings. The quantitative estimate of drug-likeness (QED) is 0.776. The maximum Gasteiger partial charge on any atom is 0.254 e. The van der Waals surface area contributed by atoms with E-state index < -0.39 is 0 Å². The Balaban J connectivity index is 1.60. The van der Waals surface area contributed by atoms with E-state index in [-0.39, 0.29) is 24.4 Å². The van der Waals surface area contributed by atoms with Gasteiger partial charge in [0.1, 0.15) is 0 Å². The van der Waals surface area contributed by atoms with Crippen molar-refractivity contribution in [2.45, 2.75) is 18.9 Å². The summed E-state index contributed by atoms with van der Waals surface area (Å²) >= 11 is 6.41. The first-order valence-electron chi connectivity index (χ1n) is 9.62. The molecule has 1 aliphatic rings. The van der Waals surface area contributed by atoms with Gasteiger partial charge in [0, 0.05) is 24.2 Å². The van der Waals surface area contributed by atoms with E-state index in [0.29, 0.717) is 17.1 Å². The summed E-state index contributed by atoms with van der Waals surface area (Å²) in [5.74, 6) is -0.346. The van der Waals surface area contributed by atoms with Gasteiger partial charge in [0.15, 0.2) is 0 Å². The Kier molecular flexibility index (Phi) is 7.06. The number of likely N-dealkylation sites (N-methyl/N-ethyl adjacent to an activating group) is 1. The van der Waals surface area contributed by atoms with Crippen molar-refractivity contribution < 1.29 is 9.59 Å². The van der Waals surface area contributed by atoms with Crippen molar-refractivity contribution in [3.8, 4) is 0 Å². The molecule has 1 atom stereocenters. The number of hydrogen-bond donors (Lipinski definition) is 1. The van der Waals surface area contributed by atoms with Gasteiger partial charge in [-0.15, -0.1) is 0 Å². The molecule has 6 heteroatoms. The van der Waals surface area contributed by atoms with Crippen LogP contribution in [0.5, 0.6) is 0 Å². The summed E-state index contributed by atoms with van der Waals surface area (Å²) in [4.78, 5) is 28.7. The monoisotopic (exact) mass is 399 g/mol. The van der Waals surface area contributed by atoms with Crippen LogP contribution in [0.4, 0.5) is 0 Å². The van der Waals surface area contributed by atoms with Crippen LogP contribution in [0.25, 0.3) is 0 Å². The van der Waals surface area contributed by atoms with Gasteiger partial charge >= 0.3 is 0 Å². The van der Waals surface area contributed by atoms with Gasteiger partial charge in [0.2, 0.25) is 5.91 Å². The van der Waals surface area contributed by atoms with Crippen LogP contribution in [0, 0.1) is 0 Å². The minimum Gasteiger partial charge on any atom is -0.353 e. The summed E-state index contributed by atoms with van der Waals surface area (Å²) in [5, 5.41) is 3.70. The third-order valence-electron chi connectivity index (χ3n) is 5.09. The van der Waals surface area contributed by atoms with E-state index in [1.165, 1.54) is 4.90 Å². The van der Waals surface area contributed by atoms with Crippen LogP contribution in [-0.4, -0.2) is 54.8 Å². The van der Waals surface area contributed by atoms with Crippen LogP contribution in [0.1, 0.15) is 34.8 Å². The van der Waals surface area contributed by atoms with E-state index in [1.807, 2.05) is 42.5 Å². The lowest BCUT2D eigenvalue weighted by atomic mass is 10.1. The minimum absolute atomic E-state index is 0.0168. The standard InChI is InChI=1S/C22H26ClN3O2/c1-25(22(28)17-9-3-2-4-10-17)16-21(27)24-15-20(26-13-7-8-14-26)18-11-5-6-12-19(18)23/h2-6,9-12,20H,7-8,13-16H2,1H3,(H,24,27). The fourth-order valence-electron chi connectivity index (χ4n) is 3.59. The Morgan fingerprint density at radius 1 is 1.07 bits per heavy atom. The Bertz CT molecular complexity index is 806. The molecule has 1 unspecified atom stereocenters. The fourth-order valence-corrected chi connectivity index (χ4v) is 3.85. The zero-order valence-corrected chi connectivity index (χ0v) is 16.9. The number of halogens is 1. The summed E-state index contributed by atoms with van der Waals surface area (Å²) in [6.45, 7) is 2.48. The number of hydrogen-bond acceptors (Lipinski definition) is 3. The minimum atomic E-state index is -0.178. The molecule has 0 aromatic heterocycles. The van der Waals surface area contributed by atoms with E-state index >= 15 is 0 Å². The predicted molar refractivity (Wildman–Crippen MR) is 111 cm³/mol. The molecule has 2 aromatic rings. The number of nitrogens with one attached hydrogen (secondary N) is 1. The van der Waals surface area contributed by atoms with E-state index in [9.17, 15) is 9.59 Å². The van der Waals surface area contributed by atoms with Crippen molar-refractivity contribution in [3.05, 3.63) is 70.7 Å². The Morgan fingerprint density at radius 2 is 1.71 bits per heavy atom. The number of carbonyl (C=O) groups excluding carboxylic acids is 2. The second-order valence-corrected chi connectivity index (χ2v) is 7.52. The number of nitrogens with zero attached hydrogens (tertiary/aromatic N) is 2. The largest absolute Gasteiger partial charge is 0.353 e. The van der Waals surface area contributed by atoms with E-state index in [0.717, 1.165) is 31.5 Å². The van der Waals surface area contributed by atoms with Crippen molar-refractivity contribution >= 4 is 23.4 Å². The first-order valence-corrected chi connectivity index (χ1v) is 9.99. The van der Waals surface area contributed by atoms with Gasteiger partial charge in [-0.25, -0.2) is 0 Å². The average Bonchev–Trinajstić information content (AvgIpc) is 3.24. The lowest BCUT2D eigenvalue weighted by Gasteiger charge is -2.29. The summed E-state index contributed by atoms with van der Waals surface area (Å²) in [5.41, 5.74) is 1.60. The molecule has 0 saturated carbocycles. The summed E-state index contributed by atoms with van der Waals surface area (Å²) in [6.07, 6.45) is 2.31. The van der Waals surface area contributed by atoms with Crippen molar-refractivity contribution in [2.75, 3.05) is 33.2 Å². The topological polar surface area (TPSA) is 52.7 Å². The zero-order chi connectivity index (χ0) is 19.9. The predicted octanol–water partition coefficient (Wildman–Crippen LogP) is 3.37. The highest BCUT2D eigenvalue weighted by Gasteiger charge is 2.25. The number of likely N-dealkylation sites (tertiary alicyclic amines) is 1. The number of rotatable bonds is 7. The second kappa shape index (κ2) is 9.71. The molecular formula is C22H26ClN3O2. The van der Waals surface area contributed by atoms with Crippen LogP contribution in [0.15, 0.2) is 54.6 Å². The Labute approximate surface area is 171 Å². The lowest BCUT2D eigenvalue weighted by Crippen LogP contribution is -2.42. The molecule has 1 saturated heterocycles. The summed E-state index contributed by atoms with van der Waals surface area (Å²) in [6, 6.07) is 16.8. The zero-order valence-electron chi connectivity index (χ0n) is 16.1. The fraction of sp³-hybridized carbons (Fsp3) is 0.364. The second-order valence-electron chi connectivity index (χ2n) is 7.11. The summed E-state index contributed by atoms with van der Waals surface area (Å²) in [7, 11) is 1.64. The van der Waals surface area contributed by atoms with E-state index in [4.69, 9.17) is 11.6 Å². The Morgan fingerprint density at radius 3 is 2.39 bits per heavy atom. The van der Waals surface area contributed by atoms with Gasteiger partial charge in [-0.3, -0.25) is 14.5 Å². The lowest BCUT2D eigenvalue weighted by molar-refractivity contribution is -0.121. The maximum absolute atomic E-state index is 12.5. The van der Waals surface area contributed by atoms with E-state index in [2.05, 4.69) is 10.2 Å². The van der Waals surface area contributed by atoms with Crippen molar-refractivity contribution in [3.63, 3.8) is 0 Å². The third-order valence-corrected chi connectivity index (χ3v) is 5.43. The molecular weight excluding hydrogens is 374 g/mol. The highest BCUT2D eigenvalue weighted by molar-refractivity contribution is 6.31. The molecule has 1 N–H and O–H groups in total. The number of benzene rings is 2. The van der Waals surface area contributed by atoms with Crippen LogP contribution < -0.4 is 5.32 Å². The SMILES string of the molecule is CN(CC(=O)NCC(c1ccccc1Cl)N1CCCC1)C(=O)c1ccccc1. The molecule has 28 heavy (non-hydrogen) atoms. The van der Waals surface area contributed by atoms with Gasteiger partial charge in [0.25, 0.3) is 5.91 Å². The van der Waals surface area contributed by atoms with Gasteiger partial charge < -0.3 is 10.2 Å². The third kappa shape index (κ3) is 5.12. The Hall–Kier alpha value is -2.37. The molecule has 0 radical (unpaired) electrons. The van der Waals surface area contributed by atoms with E-state index in [1.54, 1.807) is 19.2 Å². The van der Waals surface area contributed by atoms with Gasteiger partial charge in [-0.05, 0) is 49.7 Å². The van der Waals surface area contributed by atoms with Crippen LogP contribution in [0.2, 0.25) is 5.02 Å². The van der Waals surface area contributed by atoms with Gasteiger partial charge in [0.05, 0.1) is 12.6 Å². The van der Waals surface area contributed by atoms with Crippen LogP contribution in [0.3, 0.4) is 0 Å². The molecule has 148 valence electrons. The van der Waals surface area contributed by atoms with Crippen molar-refractivity contribution in [1.29, 1.82) is 0 Å². The molecule has 0 spiro atoms. The first kappa shape index (κ1) is 20.4. The molecule has 5 nitrogen and oxygen atoms in total. The van der Waals surface area contributed by atoms with Crippen molar-refractivity contribution in [1.82, 2.24) is 15.1 Å². The molecule has 1 heterocycles. The highest BCUT2D eigenvalue weighted by Crippen LogP contribution is 2.29. The molecule has 0 bridgehead atoms. The molecule has 1 aliphatic heterocycles. The van der Waals surface area contributed by atoms with Crippen LogP contribution in [-0.2, 0) is 4.79 Å². The van der Waals surface area contributed by atoms with Gasteiger partial charge in [-0.2, -0.15) is 0 Å². The average molecular weight is 400 g/mol. The number of carbonyl (C=O) groups is 2. The molecule has 0 aliphatic carbocycles. The number of amides is 2. The first-order chi connectivity index (χ1) is 13.6.